The molecule has 0 saturated heterocycles. The second-order valence-corrected chi connectivity index (χ2v) is 3.33. The van der Waals surface area contributed by atoms with Crippen LogP contribution in [0.15, 0.2) is 54.6 Å². The van der Waals surface area contributed by atoms with Crippen LogP contribution in [0.4, 0.5) is 0 Å². The molecule has 1 N–H and O–H groups in total. The molecule has 0 amide bonds. The molecule has 2 heteroatoms. The first-order valence-electron chi connectivity index (χ1n) is 4.66. The molecule has 0 aliphatic rings. The molecule has 0 aliphatic heterocycles. The van der Waals surface area contributed by atoms with E-state index >= 15 is 0 Å². The van der Waals surface area contributed by atoms with Crippen LogP contribution in [0, 0.1) is 0 Å². The molecule has 0 aliphatic carbocycles. The molecule has 68 valence electrons. The van der Waals surface area contributed by atoms with E-state index in [1.807, 2.05) is 30.3 Å². The van der Waals surface area contributed by atoms with Crippen molar-refractivity contribution >= 4 is 18.2 Å². The molecule has 0 fully saturated rings. The molecule has 2 aromatic rings. The predicted molar refractivity (Wildman–Crippen MR) is 61.0 cm³/mol. The predicted octanol–water partition coefficient (Wildman–Crippen LogP) is 0.779. The molecule has 0 saturated carbocycles. The largest absolute Gasteiger partial charge is 0.508 e. The minimum absolute atomic E-state index is 0.321. The van der Waals surface area contributed by atoms with Crippen molar-refractivity contribution in [2.45, 2.75) is 0 Å². The average Bonchev–Trinajstić information content (AvgIpc) is 2.23. The molecule has 0 atom stereocenters. The van der Waals surface area contributed by atoms with Crippen LogP contribution in [-0.4, -0.2) is 12.4 Å². The second kappa shape index (κ2) is 4.01. The third-order valence-corrected chi connectivity index (χ3v) is 2.19. The minimum Gasteiger partial charge on any atom is -0.508 e. The fraction of sp³-hybridized carbons (Fsp3) is 0. The molecule has 0 bridgehead atoms. The van der Waals surface area contributed by atoms with Gasteiger partial charge in [0.25, 0.3) is 0 Å². The van der Waals surface area contributed by atoms with Crippen molar-refractivity contribution in [3.05, 3.63) is 54.6 Å². The SMILES string of the molecule is Oc1ccc(Bc2ccccc2)cc1. The number of benzene rings is 2. The molecular weight excluding hydrogens is 171 g/mol. The van der Waals surface area contributed by atoms with Gasteiger partial charge >= 0.3 is 0 Å². The Hall–Kier alpha value is -1.70. The third-order valence-electron chi connectivity index (χ3n) is 2.19. The standard InChI is InChI=1S/C12H11BO/c14-12-8-6-11(7-9-12)13-10-4-2-1-3-5-10/h1-9,13-14H. The maximum absolute atomic E-state index is 9.12. The zero-order valence-electron chi connectivity index (χ0n) is 7.85. The van der Waals surface area contributed by atoms with Crippen LogP contribution in [0.25, 0.3) is 0 Å². The maximum Gasteiger partial charge on any atom is 0.192 e. The lowest BCUT2D eigenvalue weighted by Crippen LogP contribution is -2.26. The molecule has 14 heavy (non-hydrogen) atoms. The first-order chi connectivity index (χ1) is 6.84. The number of phenols is 1. The smallest absolute Gasteiger partial charge is 0.192 e. The van der Waals surface area contributed by atoms with Gasteiger partial charge in [0.2, 0.25) is 0 Å². The second-order valence-electron chi connectivity index (χ2n) is 3.33. The summed E-state index contributed by atoms with van der Waals surface area (Å²) in [5.74, 6) is 0.321. The Kier molecular flexibility index (Phi) is 2.54. The van der Waals surface area contributed by atoms with E-state index in [4.69, 9.17) is 5.11 Å². The summed E-state index contributed by atoms with van der Waals surface area (Å²) in [5.41, 5.74) is 2.51. The summed E-state index contributed by atoms with van der Waals surface area (Å²) >= 11 is 0. The summed E-state index contributed by atoms with van der Waals surface area (Å²) in [4.78, 5) is 0. The van der Waals surface area contributed by atoms with Crippen LogP contribution in [0.2, 0.25) is 0 Å². The lowest BCUT2D eigenvalue weighted by Gasteiger charge is -1.99. The Morgan fingerprint density at radius 2 is 1.29 bits per heavy atom. The fourth-order valence-corrected chi connectivity index (χ4v) is 1.45. The first-order valence-corrected chi connectivity index (χ1v) is 4.66. The molecule has 0 aromatic heterocycles. The highest BCUT2D eigenvalue weighted by Gasteiger charge is 1.97. The zero-order chi connectivity index (χ0) is 9.80. The summed E-state index contributed by atoms with van der Waals surface area (Å²) < 4.78 is 0. The van der Waals surface area contributed by atoms with E-state index in [1.165, 1.54) is 10.9 Å². The van der Waals surface area contributed by atoms with Crippen molar-refractivity contribution in [1.82, 2.24) is 0 Å². The summed E-state index contributed by atoms with van der Waals surface area (Å²) in [6.07, 6.45) is 0. The van der Waals surface area contributed by atoms with Gasteiger partial charge in [-0.25, -0.2) is 0 Å². The van der Waals surface area contributed by atoms with Crippen molar-refractivity contribution in [1.29, 1.82) is 0 Å². The Bertz CT molecular complexity index is 394. The summed E-state index contributed by atoms with van der Waals surface area (Å²) in [5, 5.41) is 9.12. The Morgan fingerprint density at radius 3 is 1.93 bits per heavy atom. The Morgan fingerprint density at radius 1 is 0.714 bits per heavy atom. The summed E-state index contributed by atoms with van der Waals surface area (Å²) in [6, 6.07) is 17.6. The van der Waals surface area contributed by atoms with Gasteiger partial charge in [-0.2, -0.15) is 0 Å². The number of hydrogen-bond donors (Lipinski definition) is 1. The quantitative estimate of drug-likeness (QED) is 0.680. The van der Waals surface area contributed by atoms with Crippen molar-refractivity contribution < 1.29 is 5.11 Å². The zero-order valence-corrected chi connectivity index (χ0v) is 7.85. The van der Waals surface area contributed by atoms with Gasteiger partial charge in [-0.05, 0) is 12.1 Å². The van der Waals surface area contributed by atoms with Gasteiger partial charge in [-0.1, -0.05) is 53.4 Å². The highest BCUT2D eigenvalue weighted by atomic mass is 16.3. The van der Waals surface area contributed by atoms with Gasteiger partial charge in [0, 0.05) is 0 Å². The lowest BCUT2D eigenvalue weighted by molar-refractivity contribution is 0.475. The third kappa shape index (κ3) is 2.16. The molecule has 1 nitrogen and oxygen atoms in total. The maximum atomic E-state index is 9.12. The van der Waals surface area contributed by atoms with Gasteiger partial charge in [0.15, 0.2) is 7.28 Å². The van der Waals surface area contributed by atoms with Gasteiger partial charge in [-0.15, -0.1) is 0 Å². The van der Waals surface area contributed by atoms with E-state index in [1.54, 1.807) is 12.1 Å². The van der Waals surface area contributed by atoms with Crippen LogP contribution in [0.5, 0.6) is 5.75 Å². The van der Waals surface area contributed by atoms with E-state index in [0.29, 0.717) is 5.75 Å². The number of phenolic OH excluding ortho intramolecular Hbond substituents is 1. The van der Waals surface area contributed by atoms with Crippen molar-refractivity contribution in [2.75, 3.05) is 0 Å². The van der Waals surface area contributed by atoms with E-state index in [0.717, 1.165) is 7.28 Å². The van der Waals surface area contributed by atoms with E-state index in [2.05, 4.69) is 12.1 Å². The number of hydrogen-bond acceptors (Lipinski definition) is 1. The Balaban J connectivity index is 2.16. The summed E-state index contributed by atoms with van der Waals surface area (Å²) in [6.45, 7) is 0. The van der Waals surface area contributed by atoms with Crippen molar-refractivity contribution in [3.8, 4) is 5.75 Å². The van der Waals surface area contributed by atoms with E-state index < -0.39 is 0 Å². The number of aromatic hydroxyl groups is 1. The van der Waals surface area contributed by atoms with Crippen LogP contribution in [0.1, 0.15) is 0 Å². The monoisotopic (exact) mass is 182 g/mol. The molecule has 0 unspecified atom stereocenters. The van der Waals surface area contributed by atoms with Crippen LogP contribution >= 0.6 is 0 Å². The van der Waals surface area contributed by atoms with E-state index in [-0.39, 0.29) is 0 Å². The van der Waals surface area contributed by atoms with Gasteiger partial charge in [0.05, 0.1) is 0 Å². The Labute approximate surface area is 84.3 Å². The average molecular weight is 182 g/mol. The highest BCUT2D eigenvalue weighted by Crippen LogP contribution is 2.02. The topological polar surface area (TPSA) is 20.2 Å². The lowest BCUT2D eigenvalue weighted by atomic mass is 9.64. The van der Waals surface area contributed by atoms with Gasteiger partial charge in [0.1, 0.15) is 5.75 Å². The van der Waals surface area contributed by atoms with Gasteiger partial charge < -0.3 is 5.11 Å². The van der Waals surface area contributed by atoms with Gasteiger partial charge in [-0.3, -0.25) is 0 Å². The van der Waals surface area contributed by atoms with Crippen molar-refractivity contribution in [2.24, 2.45) is 0 Å². The molecule has 0 spiro atoms. The van der Waals surface area contributed by atoms with Crippen LogP contribution in [-0.2, 0) is 0 Å². The summed E-state index contributed by atoms with van der Waals surface area (Å²) in [7, 11) is 0.918. The molecule has 2 rings (SSSR count). The van der Waals surface area contributed by atoms with Crippen LogP contribution < -0.4 is 10.9 Å². The van der Waals surface area contributed by atoms with Crippen molar-refractivity contribution in [3.63, 3.8) is 0 Å². The molecule has 0 radical (unpaired) electrons. The number of rotatable bonds is 2. The first kappa shape index (κ1) is 8.88. The van der Waals surface area contributed by atoms with E-state index in [9.17, 15) is 0 Å². The van der Waals surface area contributed by atoms with Crippen LogP contribution in [0.3, 0.4) is 0 Å². The highest BCUT2D eigenvalue weighted by molar-refractivity contribution is 6.67. The normalized spacial score (nSPS) is 9.71. The fourth-order valence-electron chi connectivity index (χ4n) is 1.45. The molecule has 0 heterocycles. The molecule has 2 aromatic carbocycles. The minimum atomic E-state index is 0.321. The molecular formula is C12H11BO.